The number of hydrogen-bond acceptors (Lipinski definition) is 6. The summed E-state index contributed by atoms with van der Waals surface area (Å²) in [7, 11) is 0. The Morgan fingerprint density at radius 2 is 2.14 bits per heavy atom. The molecule has 5 nitrogen and oxygen atoms in total. The molecule has 9 heteroatoms. The van der Waals surface area contributed by atoms with Crippen LogP contribution in [0.15, 0.2) is 34.8 Å². The highest BCUT2D eigenvalue weighted by Gasteiger charge is 2.38. The van der Waals surface area contributed by atoms with Gasteiger partial charge in [-0.2, -0.15) is 18.2 Å². The van der Waals surface area contributed by atoms with Gasteiger partial charge < -0.3 is 9.84 Å². The first kappa shape index (κ1) is 18.7. The maximum Gasteiger partial charge on any atom is 0.418 e. The highest BCUT2D eigenvalue weighted by molar-refractivity contribution is 7.13. The zero-order valence-corrected chi connectivity index (χ0v) is 15.6. The maximum absolute atomic E-state index is 13.4. The third-order valence-electron chi connectivity index (χ3n) is 4.53. The molecule has 1 aliphatic rings. The van der Waals surface area contributed by atoms with Crippen LogP contribution in [0.5, 0.6) is 5.75 Å². The van der Waals surface area contributed by atoms with Gasteiger partial charge in [-0.05, 0) is 25.0 Å². The highest BCUT2D eigenvalue weighted by Crippen LogP contribution is 2.44. The predicted octanol–water partition coefficient (Wildman–Crippen LogP) is 5.76. The molecule has 0 amide bonds. The topological polar surface area (TPSA) is 67.6 Å². The van der Waals surface area contributed by atoms with Crippen molar-refractivity contribution in [1.29, 1.82) is 0 Å². The summed E-state index contributed by atoms with van der Waals surface area (Å²) in [5, 5.41) is 13.0. The van der Waals surface area contributed by atoms with Crippen molar-refractivity contribution in [2.75, 3.05) is 0 Å². The van der Waals surface area contributed by atoms with E-state index in [0.29, 0.717) is 11.6 Å². The molecule has 0 fully saturated rings. The molecule has 28 heavy (non-hydrogen) atoms. The van der Waals surface area contributed by atoms with Crippen LogP contribution in [0.3, 0.4) is 0 Å². The van der Waals surface area contributed by atoms with E-state index < -0.39 is 17.8 Å². The molecule has 1 atom stereocenters. The van der Waals surface area contributed by atoms with Gasteiger partial charge in [0.1, 0.15) is 17.4 Å². The quantitative estimate of drug-likeness (QED) is 0.597. The zero-order valence-electron chi connectivity index (χ0n) is 14.8. The molecular formula is C19H16F3N3O2S. The molecule has 0 bridgehead atoms. The lowest BCUT2D eigenvalue weighted by molar-refractivity contribution is -0.136. The van der Waals surface area contributed by atoms with E-state index in [0.717, 1.165) is 18.9 Å². The average Bonchev–Trinajstić information content (AvgIpc) is 3.27. The summed E-state index contributed by atoms with van der Waals surface area (Å²) in [6.45, 7) is 2.01. The minimum atomic E-state index is -4.58. The SMILES string of the molecule is CCCCC1OC(=Nc2nccs2)c2c1nc1c(C(F)(F)F)cccc1c2O. The minimum absolute atomic E-state index is 0.0140. The first-order chi connectivity index (χ1) is 13.4. The van der Waals surface area contributed by atoms with Crippen LogP contribution in [-0.4, -0.2) is 21.0 Å². The molecule has 0 saturated carbocycles. The lowest BCUT2D eigenvalue weighted by Crippen LogP contribution is -2.08. The van der Waals surface area contributed by atoms with Gasteiger partial charge in [0.25, 0.3) is 0 Å². The summed E-state index contributed by atoms with van der Waals surface area (Å²) in [5.41, 5.74) is -0.650. The van der Waals surface area contributed by atoms with Crippen molar-refractivity contribution in [1.82, 2.24) is 9.97 Å². The largest absolute Gasteiger partial charge is 0.506 e. The van der Waals surface area contributed by atoms with Crippen molar-refractivity contribution in [2.45, 2.75) is 38.5 Å². The van der Waals surface area contributed by atoms with Crippen LogP contribution in [0.4, 0.5) is 18.3 Å². The number of fused-ring (bicyclic) bond motifs is 2. The number of rotatable bonds is 4. The number of thiazole rings is 1. The molecule has 2 aromatic heterocycles. The molecule has 0 radical (unpaired) electrons. The van der Waals surface area contributed by atoms with Gasteiger partial charge in [0.2, 0.25) is 11.0 Å². The van der Waals surface area contributed by atoms with Crippen molar-refractivity contribution >= 4 is 33.3 Å². The van der Waals surface area contributed by atoms with E-state index in [9.17, 15) is 18.3 Å². The molecule has 0 aliphatic carbocycles. The standard InChI is InChI=1S/C19H16F3N3O2S/c1-2-3-7-12-15-13(17(27-12)25-18-23-8-9-28-18)16(26)10-5-4-6-11(14(10)24-15)19(20,21)22/h4-6,8-9,12H,2-3,7H2,1H3,(H,24,26). The van der Waals surface area contributed by atoms with Crippen molar-refractivity contribution in [2.24, 2.45) is 4.99 Å². The van der Waals surface area contributed by atoms with Gasteiger partial charge in [-0.25, -0.2) is 9.97 Å². The number of benzene rings is 1. The number of halogens is 3. The first-order valence-corrected chi connectivity index (χ1v) is 9.66. The Morgan fingerprint density at radius 3 is 2.82 bits per heavy atom. The molecule has 0 saturated heterocycles. The summed E-state index contributed by atoms with van der Waals surface area (Å²) in [6.07, 6.45) is -1.30. The van der Waals surface area contributed by atoms with Crippen LogP contribution in [0.25, 0.3) is 10.9 Å². The fraction of sp³-hybridized carbons (Fsp3) is 0.316. The monoisotopic (exact) mass is 407 g/mol. The fourth-order valence-electron chi connectivity index (χ4n) is 3.23. The van der Waals surface area contributed by atoms with Gasteiger partial charge in [0.05, 0.1) is 16.8 Å². The van der Waals surface area contributed by atoms with E-state index in [1.807, 2.05) is 6.92 Å². The molecule has 1 N–H and O–H groups in total. The van der Waals surface area contributed by atoms with Gasteiger partial charge >= 0.3 is 6.18 Å². The zero-order chi connectivity index (χ0) is 19.9. The molecule has 1 aromatic carbocycles. The average molecular weight is 407 g/mol. The number of nitrogens with zero attached hydrogens (tertiary/aromatic N) is 3. The lowest BCUT2D eigenvalue weighted by atomic mass is 10.0. The van der Waals surface area contributed by atoms with Gasteiger partial charge in [-0.1, -0.05) is 19.4 Å². The number of aromatic hydroxyl groups is 1. The summed E-state index contributed by atoms with van der Waals surface area (Å²) in [5.74, 6) is -0.171. The summed E-state index contributed by atoms with van der Waals surface area (Å²) >= 11 is 1.29. The fourth-order valence-corrected chi connectivity index (χ4v) is 3.74. The Labute approximate surface area is 162 Å². The Hall–Kier alpha value is -2.68. The predicted molar refractivity (Wildman–Crippen MR) is 100 cm³/mol. The van der Waals surface area contributed by atoms with Crippen LogP contribution in [0.2, 0.25) is 0 Å². The molecule has 4 rings (SSSR count). The first-order valence-electron chi connectivity index (χ1n) is 8.78. The number of ether oxygens (including phenoxy) is 1. The number of para-hydroxylation sites is 1. The number of pyridine rings is 1. The van der Waals surface area contributed by atoms with Crippen LogP contribution < -0.4 is 0 Å². The van der Waals surface area contributed by atoms with Crippen molar-refractivity contribution in [3.8, 4) is 5.75 Å². The molecule has 0 spiro atoms. The molecule has 1 aliphatic heterocycles. The second-order valence-corrected chi connectivity index (χ2v) is 7.27. The second kappa shape index (κ2) is 7.05. The summed E-state index contributed by atoms with van der Waals surface area (Å²) in [4.78, 5) is 12.7. The number of aliphatic imine (C=N–C) groups is 1. The lowest BCUT2D eigenvalue weighted by Gasteiger charge is -2.13. The number of hydrogen-bond donors (Lipinski definition) is 1. The van der Waals surface area contributed by atoms with E-state index in [-0.39, 0.29) is 33.8 Å². The minimum Gasteiger partial charge on any atom is -0.506 e. The number of aromatic nitrogens is 2. The van der Waals surface area contributed by atoms with E-state index >= 15 is 0 Å². The Morgan fingerprint density at radius 1 is 1.32 bits per heavy atom. The Balaban J connectivity index is 1.95. The van der Waals surface area contributed by atoms with Gasteiger partial charge in [0.15, 0.2) is 0 Å². The van der Waals surface area contributed by atoms with E-state index in [1.54, 1.807) is 11.6 Å². The van der Waals surface area contributed by atoms with Gasteiger partial charge in [-0.15, -0.1) is 11.3 Å². The summed E-state index contributed by atoms with van der Waals surface area (Å²) < 4.78 is 46.2. The Kier molecular flexibility index (Phi) is 4.70. The van der Waals surface area contributed by atoms with Crippen LogP contribution >= 0.6 is 11.3 Å². The van der Waals surface area contributed by atoms with Crippen LogP contribution in [0, 0.1) is 0 Å². The van der Waals surface area contributed by atoms with Crippen LogP contribution in [0.1, 0.15) is 49.1 Å². The number of unbranched alkanes of at least 4 members (excludes halogenated alkanes) is 1. The van der Waals surface area contributed by atoms with Crippen molar-refractivity contribution in [3.05, 3.63) is 46.6 Å². The molecule has 3 heterocycles. The van der Waals surface area contributed by atoms with Crippen LogP contribution in [-0.2, 0) is 10.9 Å². The smallest absolute Gasteiger partial charge is 0.418 e. The van der Waals surface area contributed by atoms with E-state index in [4.69, 9.17) is 4.74 Å². The van der Waals surface area contributed by atoms with E-state index in [2.05, 4.69) is 15.0 Å². The van der Waals surface area contributed by atoms with Gasteiger partial charge in [0, 0.05) is 17.0 Å². The molecule has 1 unspecified atom stereocenters. The highest BCUT2D eigenvalue weighted by atomic mass is 32.1. The summed E-state index contributed by atoms with van der Waals surface area (Å²) in [6, 6.07) is 3.62. The second-order valence-electron chi connectivity index (χ2n) is 6.40. The Bertz CT molecular complexity index is 1050. The molecular weight excluding hydrogens is 391 g/mol. The third-order valence-corrected chi connectivity index (χ3v) is 5.20. The molecule has 146 valence electrons. The maximum atomic E-state index is 13.4. The normalized spacial score (nSPS) is 17.9. The van der Waals surface area contributed by atoms with Crippen molar-refractivity contribution < 1.29 is 23.0 Å². The third kappa shape index (κ3) is 3.19. The molecule has 3 aromatic rings. The van der Waals surface area contributed by atoms with Crippen molar-refractivity contribution in [3.63, 3.8) is 0 Å². The van der Waals surface area contributed by atoms with Gasteiger partial charge in [-0.3, -0.25) is 0 Å². The van der Waals surface area contributed by atoms with E-state index in [1.165, 1.54) is 23.5 Å². The number of alkyl halides is 3.